The summed E-state index contributed by atoms with van der Waals surface area (Å²) in [5, 5.41) is 0.353. The summed E-state index contributed by atoms with van der Waals surface area (Å²) in [6, 6.07) is 8.47. The SMILES string of the molecule is CCc1ccccc1C(C)S. The van der Waals surface area contributed by atoms with Crippen molar-refractivity contribution in [3.8, 4) is 0 Å². The number of benzene rings is 1. The Labute approximate surface area is 74.0 Å². The second-order valence-corrected chi connectivity index (χ2v) is 3.50. The molecule has 1 atom stereocenters. The fourth-order valence-electron chi connectivity index (χ4n) is 1.26. The molecule has 0 aromatic heterocycles. The van der Waals surface area contributed by atoms with Gasteiger partial charge in [-0.2, -0.15) is 12.6 Å². The quantitative estimate of drug-likeness (QED) is 0.641. The summed E-state index contributed by atoms with van der Waals surface area (Å²) in [7, 11) is 0. The molecule has 0 bridgehead atoms. The van der Waals surface area contributed by atoms with Gasteiger partial charge in [0, 0.05) is 5.25 Å². The van der Waals surface area contributed by atoms with Gasteiger partial charge in [0.1, 0.15) is 0 Å². The van der Waals surface area contributed by atoms with Gasteiger partial charge < -0.3 is 0 Å². The molecule has 0 saturated heterocycles. The van der Waals surface area contributed by atoms with Gasteiger partial charge >= 0.3 is 0 Å². The molecule has 0 spiro atoms. The Balaban J connectivity index is 3.02. The van der Waals surface area contributed by atoms with Crippen molar-refractivity contribution in [3.63, 3.8) is 0 Å². The van der Waals surface area contributed by atoms with Crippen molar-refractivity contribution in [2.24, 2.45) is 0 Å². The normalized spacial score (nSPS) is 13.0. The summed E-state index contributed by atoms with van der Waals surface area (Å²) in [4.78, 5) is 0. The second kappa shape index (κ2) is 3.82. The highest BCUT2D eigenvalue weighted by molar-refractivity contribution is 7.80. The van der Waals surface area contributed by atoms with Gasteiger partial charge in [-0.15, -0.1) is 0 Å². The van der Waals surface area contributed by atoms with E-state index in [-0.39, 0.29) is 0 Å². The summed E-state index contributed by atoms with van der Waals surface area (Å²) in [5.41, 5.74) is 2.77. The first-order valence-electron chi connectivity index (χ1n) is 4.01. The molecule has 1 aromatic rings. The van der Waals surface area contributed by atoms with E-state index in [0.717, 1.165) is 6.42 Å². The maximum Gasteiger partial charge on any atom is 0.0241 e. The third-order valence-electron chi connectivity index (χ3n) is 1.89. The van der Waals surface area contributed by atoms with Gasteiger partial charge in [-0.1, -0.05) is 31.2 Å². The van der Waals surface area contributed by atoms with Crippen LogP contribution >= 0.6 is 12.6 Å². The van der Waals surface area contributed by atoms with Crippen molar-refractivity contribution in [1.82, 2.24) is 0 Å². The number of hydrogen-bond acceptors (Lipinski definition) is 1. The first-order valence-corrected chi connectivity index (χ1v) is 4.53. The number of thiol groups is 1. The first kappa shape index (κ1) is 8.66. The predicted octanol–water partition coefficient (Wildman–Crippen LogP) is 3.24. The molecule has 0 radical (unpaired) electrons. The summed E-state index contributed by atoms with van der Waals surface area (Å²) < 4.78 is 0. The van der Waals surface area contributed by atoms with Crippen LogP contribution < -0.4 is 0 Å². The number of aryl methyl sites for hydroxylation is 1. The molecule has 1 heteroatoms. The third-order valence-corrected chi connectivity index (χ3v) is 2.16. The van der Waals surface area contributed by atoms with Crippen molar-refractivity contribution in [2.45, 2.75) is 25.5 Å². The largest absolute Gasteiger partial charge is 0.171 e. The van der Waals surface area contributed by atoms with Crippen LogP contribution in [0.5, 0.6) is 0 Å². The van der Waals surface area contributed by atoms with Crippen LogP contribution in [-0.4, -0.2) is 0 Å². The molecule has 60 valence electrons. The van der Waals surface area contributed by atoms with E-state index in [1.807, 2.05) is 0 Å². The van der Waals surface area contributed by atoms with E-state index >= 15 is 0 Å². The molecule has 0 aliphatic heterocycles. The minimum atomic E-state index is 0.353. The molecule has 0 aliphatic rings. The van der Waals surface area contributed by atoms with Crippen molar-refractivity contribution in [2.75, 3.05) is 0 Å². The van der Waals surface area contributed by atoms with E-state index in [0.29, 0.717) is 5.25 Å². The molecule has 1 unspecified atom stereocenters. The van der Waals surface area contributed by atoms with Crippen LogP contribution in [0.4, 0.5) is 0 Å². The van der Waals surface area contributed by atoms with Crippen LogP contribution in [0.2, 0.25) is 0 Å². The lowest BCUT2D eigenvalue weighted by Gasteiger charge is -2.09. The zero-order valence-electron chi connectivity index (χ0n) is 7.04. The zero-order valence-corrected chi connectivity index (χ0v) is 7.94. The van der Waals surface area contributed by atoms with E-state index in [1.54, 1.807) is 0 Å². The van der Waals surface area contributed by atoms with Crippen molar-refractivity contribution in [1.29, 1.82) is 0 Å². The van der Waals surface area contributed by atoms with Crippen LogP contribution in [0.15, 0.2) is 24.3 Å². The fourth-order valence-corrected chi connectivity index (χ4v) is 1.52. The summed E-state index contributed by atoms with van der Waals surface area (Å²) in [5.74, 6) is 0. The molecule has 11 heavy (non-hydrogen) atoms. The molecule has 0 amide bonds. The number of hydrogen-bond donors (Lipinski definition) is 1. The highest BCUT2D eigenvalue weighted by Crippen LogP contribution is 2.22. The Morgan fingerprint density at radius 1 is 1.36 bits per heavy atom. The van der Waals surface area contributed by atoms with Crippen LogP contribution in [0, 0.1) is 0 Å². The van der Waals surface area contributed by atoms with Crippen LogP contribution in [0.3, 0.4) is 0 Å². The lowest BCUT2D eigenvalue weighted by Crippen LogP contribution is -1.91. The molecule has 0 aliphatic carbocycles. The topological polar surface area (TPSA) is 0 Å². The van der Waals surface area contributed by atoms with Crippen molar-refractivity contribution < 1.29 is 0 Å². The van der Waals surface area contributed by atoms with E-state index in [2.05, 4.69) is 50.7 Å². The van der Waals surface area contributed by atoms with Gasteiger partial charge in [-0.25, -0.2) is 0 Å². The number of rotatable bonds is 2. The standard InChI is InChI=1S/C10H14S/c1-3-9-6-4-5-7-10(9)8(2)11/h4-8,11H,3H2,1-2H3. The van der Waals surface area contributed by atoms with Gasteiger partial charge in [0.15, 0.2) is 0 Å². The van der Waals surface area contributed by atoms with Gasteiger partial charge in [0.25, 0.3) is 0 Å². The molecular formula is C10H14S. The van der Waals surface area contributed by atoms with Gasteiger partial charge in [-0.3, -0.25) is 0 Å². The Bertz CT molecular complexity index is 228. The van der Waals surface area contributed by atoms with Crippen LogP contribution in [0.1, 0.15) is 30.2 Å². The molecule has 0 fully saturated rings. The molecule has 1 aromatic carbocycles. The Morgan fingerprint density at radius 2 is 2.00 bits per heavy atom. The predicted molar refractivity (Wildman–Crippen MR) is 53.2 cm³/mol. The minimum absolute atomic E-state index is 0.353. The highest BCUT2D eigenvalue weighted by atomic mass is 32.1. The van der Waals surface area contributed by atoms with E-state index < -0.39 is 0 Å². The van der Waals surface area contributed by atoms with E-state index in [9.17, 15) is 0 Å². The average Bonchev–Trinajstić information content (AvgIpc) is 2.04. The van der Waals surface area contributed by atoms with Gasteiger partial charge in [-0.05, 0) is 24.5 Å². The molecule has 0 saturated carbocycles. The Morgan fingerprint density at radius 3 is 2.45 bits per heavy atom. The minimum Gasteiger partial charge on any atom is -0.171 e. The molecule has 0 N–H and O–H groups in total. The monoisotopic (exact) mass is 166 g/mol. The maximum atomic E-state index is 4.41. The zero-order chi connectivity index (χ0) is 8.27. The van der Waals surface area contributed by atoms with Gasteiger partial charge in [0.05, 0.1) is 0 Å². The second-order valence-electron chi connectivity index (χ2n) is 2.73. The average molecular weight is 166 g/mol. The lowest BCUT2D eigenvalue weighted by atomic mass is 10.0. The van der Waals surface area contributed by atoms with Crippen LogP contribution in [0.25, 0.3) is 0 Å². The summed E-state index contributed by atoms with van der Waals surface area (Å²) in [6.07, 6.45) is 1.10. The van der Waals surface area contributed by atoms with Gasteiger partial charge in [0.2, 0.25) is 0 Å². The molecule has 0 heterocycles. The van der Waals surface area contributed by atoms with Crippen molar-refractivity contribution >= 4 is 12.6 Å². The Kier molecular flexibility index (Phi) is 3.01. The summed E-state index contributed by atoms with van der Waals surface area (Å²) in [6.45, 7) is 4.28. The van der Waals surface area contributed by atoms with E-state index in [1.165, 1.54) is 11.1 Å². The fraction of sp³-hybridized carbons (Fsp3) is 0.400. The maximum absolute atomic E-state index is 4.41. The van der Waals surface area contributed by atoms with E-state index in [4.69, 9.17) is 0 Å². The third kappa shape index (κ3) is 2.00. The first-order chi connectivity index (χ1) is 5.25. The molecular weight excluding hydrogens is 152 g/mol. The van der Waals surface area contributed by atoms with Crippen LogP contribution in [-0.2, 0) is 6.42 Å². The lowest BCUT2D eigenvalue weighted by molar-refractivity contribution is 1.02. The molecule has 0 nitrogen and oxygen atoms in total. The highest BCUT2D eigenvalue weighted by Gasteiger charge is 2.02. The smallest absolute Gasteiger partial charge is 0.0241 e. The van der Waals surface area contributed by atoms with Crippen molar-refractivity contribution in [3.05, 3.63) is 35.4 Å². The Hall–Kier alpha value is -0.430. The summed E-state index contributed by atoms with van der Waals surface area (Å²) >= 11 is 4.41. The molecule has 1 rings (SSSR count).